The van der Waals surface area contributed by atoms with E-state index in [1.807, 2.05) is 17.0 Å². The number of rotatable bonds is 5. The number of morpholine rings is 1. The van der Waals surface area contributed by atoms with E-state index in [9.17, 15) is 9.59 Å². The van der Waals surface area contributed by atoms with Crippen molar-refractivity contribution in [2.45, 2.75) is 25.7 Å². The Balaban J connectivity index is 1.33. The van der Waals surface area contributed by atoms with Gasteiger partial charge in [0.25, 0.3) is 5.91 Å². The highest BCUT2D eigenvalue weighted by atomic mass is 32.1. The normalized spacial score (nSPS) is 19.6. The highest BCUT2D eigenvalue weighted by Crippen LogP contribution is 2.33. The van der Waals surface area contributed by atoms with E-state index >= 15 is 0 Å². The lowest BCUT2D eigenvalue weighted by atomic mass is 9.87. The maximum Gasteiger partial charge on any atom is 0.264 e. The molecule has 1 fully saturated rings. The lowest BCUT2D eigenvalue weighted by Gasteiger charge is -2.26. The molecule has 1 unspecified atom stereocenters. The molecule has 2 aromatic rings. The molecule has 2 aliphatic rings. The van der Waals surface area contributed by atoms with Crippen LogP contribution in [-0.4, -0.2) is 49.6 Å². The van der Waals surface area contributed by atoms with E-state index in [1.54, 1.807) is 22.7 Å². The third-order valence-corrected chi connectivity index (χ3v) is 7.37. The van der Waals surface area contributed by atoms with Gasteiger partial charge in [-0.15, -0.1) is 22.7 Å². The molecule has 0 radical (unpaired) electrons. The molecule has 1 N–H and O–H groups in total. The van der Waals surface area contributed by atoms with Gasteiger partial charge in [-0.1, -0.05) is 6.07 Å². The molecule has 3 heterocycles. The average molecular weight is 405 g/mol. The first-order valence-corrected chi connectivity index (χ1v) is 11.2. The minimum atomic E-state index is 0.0155. The van der Waals surface area contributed by atoms with Crippen LogP contribution in [0.5, 0.6) is 0 Å². The van der Waals surface area contributed by atoms with Gasteiger partial charge in [-0.2, -0.15) is 0 Å². The second-order valence-corrected chi connectivity index (χ2v) is 9.19. The average Bonchev–Trinajstić information content (AvgIpc) is 3.37. The predicted octanol–water partition coefficient (Wildman–Crippen LogP) is 2.75. The van der Waals surface area contributed by atoms with Gasteiger partial charge in [0, 0.05) is 35.3 Å². The largest absolute Gasteiger partial charge is 0.378 e. The molecule has 0 bridgehead atoms. The summed E-state index contributed by atoms with van der Waals surface area (Å²) in [6.45, 7) is 3.25. The third kappa shape index (κ3) is 4.42. The Labute approximate surface area is 167 Å². The van der Waals surface area contributed by atoms with Crippen molar-refractivity contribution in [2.75, 3.05) is 32.8 Å². The summed E-state index contributed by atoms with van der Waals surface area (Å²) in [5, 5.41) is 5.15. The number of ether oxygens (including phenoxy) is 1. The number of carbonyl (C=O) groups excluding carboxylic acids is 2. The van der Waals surface area contributed by atoms with Crippen molar-refractivity contribution in [3.05, 3.63) is 43.8 Å². The predicted molar refractivity (Wildman–Crippen MR) is 108 cm³/mol. The molecule has 144 valence electrons. The maximum absolute atomic E-state index is 12.7. The van der Waals surface area contributed by atoms with Crippen LogP contribution < -0.4 is 5.32 Å². The van der Waals surface area contributed by atoms with E-state index in [2.05, 4.69) is 16.8 Å². The number of nitrogens with one attached hydrogen (secondary N) is 1. The standard InChI is InChI=1S/C20H24N2O3S2/c23-19(21-6-5-16-2-1-11-26-16)14-3-4-17-15(12-14)13-18(27-17)20(24)22-7-9-25-10-8-22/h1-2,11,13-14H,3-10,12H2,(H,21,23). The zero-order valence-electron chi connectivity index (χ0n) is 15.2. The first kappa shape index (κ1) is 18.7. The summed E-state index contributed by atoms with van der Waals surface area (Å²) >= 11 is 3.33. The van der Waals surface area contributed by atoms with Crippen molar-refractivity contribution in [2.24, 2.45) is 5.92 Å². The summed E-state index contributed by atoms with van der Waals surface area (Å²) in [6.07, 6.45) is 3.38. The van der Waals surface area contributed by atoms with Crippen molar-refractivity contribution in [1.29, 1.82) is 0 Å². The molecule has 1 aliphatic heterocycles. The minimum Gasteiger partial charge on any atom is -0.378 e. The van der Waals surface area contributed by atoms with Crippen LogP contribution in [0.2, 0.25) is 0 Å². The van der Waals surface area contributed by atoms with E-state index in [4.69, 9.17) is 4.74 Å². The van der Waals surface area contributed by atoms with E-state index < -0.39 is 0 Å². The number of nitrogens with zero attached hydrogens (tertiary/aromatic N) is 1. The number of carbonyl (C=O) groups is 2. The summed E-state index contributed by atoms with van der Waals surface area (Å²) in [5.41, 5.74) is 1.18. The van der Waals surface area contributed by atoms with Crippen LogP contribution in [0.15, 0.2) is 23.6 Å². The summed E-state index contributed by atoms with van der Waals surface area (Å²) in [5.74, 6) is 0.265. The van der Waals surface area contributed by atoms with E-state index in [0.29, 0.717) is 32.8 Å². The van der Waals surface area contributed by atoms with Crippen molar-refractivity contribution in [1.82, 2.24) is 10.2 Å². The van der Waals surface area contributed by atoms with Gasteiger partial charge < -0.3 is 15.0 Å². The molecule has 2 amide bonds. The Hall–Kier alpha value is -1.70. The van der Waals surface area contributed by atoms with Gasteiger partial charge in [0.1, 0.15) is 0 Å². The van der Waals surface area contributed by atoms with Crippen molar-refractivity contribution < 1.29 is 14.3 Å². The number of aryl methyl sites for hydroxylation is 1. The lowest BCUT2D eigenvalue weighted by Crippen LogP contribution is -2.40. The van der Waals surface area contributed by atoms with E-state index in [0.717, 1.165) is 30.6 Å². The van der Waals surface area contributed by atoms with Crippen molar-refractivity contribution in [3.8, 4) is 0 Å². The molecular weight excluding hydrogens is 380 g/mol. The fraction of sp³-hybridized carbons (Fsp3) is 0.500. The Kier molecular flexibility index (Phi) is 5.90. The summed E-state index contributed by atoms with van der Waals surface area (Å²) in [4.78, 5) is 30.5. The van der Waals surface area contributed by atoms with Crippen molar-refractivity contribution >= 4 is 34.5 Å². The summed E-state index contributed by atoms with van der Waals surface area (Å²) in [7, 11) is 0. The zero-order valence-corrected chi connectivity index (χ0v) is 16.9. The summed E-state index contributed by atoms with van der Waals surface area (Å²) < 4.78 is 5.33. The van der Waals surface area contributed by atoms with E-state index in [1.165, 1.54) is 15.3 Å². The SMILES string of the molecule is O=C(NCCc1cccs1)C1CCc2sc(C(=O)N3CCOCC3)cc2C1. The van der Waals surface area contributed by atoms with E-state index in [-0.39, 0.29) is 17.7 Å². The smallest absolute Gasteiger partial charge is 0.264 e. The minimum absolute atomic E-state index is 0.0155. The lowest BCUT2D eigenvalue weighted by molar-refractivity contribution is -0.125. The Bertz CT molecular complexity index is 794. The molecule has 1 aliphatic carbocycles. The van der Waals surface area contributed by atoms with Crippen LogP contribution in [0.4, 0.5) is 0 Å². The molecule has 0 aromatic carbocycles. The number of hydrogen-bond acceptors (Lipinski definition) is 5. The van der Waals surface area contributed by atoms with Crippen LogP contribution in [0, 0.1) is 5.92 Å². The van der Waals surface area contributed by atoms with Gasteiger partial charge in [-0.05, 0) is 48.8 Å². The maximum atomic E-state index is 12.7. The highest BCUT2D eigenvalue weighted by molar-refractivity contribution is 7.14. The number of hydrogen-bond donors (Lipinski definition) is 1. The molecule has 27 heavy (non-hydrogen) atoms. The van der Waals surface area contributed by atoms with Gasteiger partial charge in [0.15, 0.2) is 0 Å². The number of fused-ring (bicyclic) bond motifs is 1. The Morgan fingerprint density at radius 1 is 1.30 bits per heavy atom. The topological polar surface area (TPSA) is 58.6 Å². The monoisotopic (exact) mass is 404 g/mol. The fourth-order valence-electron chi connectivity index (χ4n) is 3.68. The van der Waals surface area contributed by atoms with Gasteiger partial charge in [-0.25, -0.2) is 0 Å². The molecule has 5 nitrogen and oxygen atoms in total. The van der Waals surface area contributed by atoms with Crippen LogP contribution in [0.25, 0.3) is 0 Å². The molecule has 0 spiro atoms. The summed E-state index contributed by atoms with van der Waals surface area (Å²) in [6, 6.07) is 6.15. The van der Waals surface area contributed by atoms with Gasteiger partial charge in [-0.3, -0.25) is 9.59 Å². The van der Waals surface area contributed by atoms with Gasteiger partial charge in [0.05, 0.1) is 18.1 Å². The molecule has 4 rings (SSSR count). The molecule has 7 heteroatoms. The molecule has 0 saturated carbocycles. The Morgan fingerprint density at radius 2 is 2.15 bits per heavy atom. The zero-order chi connectivity index (χ0) is 18.6. The Morgan fingerprint density at radius 3 is 2.93 bits per heavy atom. The van der Waals surface area contributed by atoms with Gasteiger partial charge >= 0.3 is 0 Å². The second kappa shape index (κ2) is 8.54. The molecule has 2 aromatic heterocycles. The van der Waals surface area contributed by atoms with Crippen LogP contribution in [0.3, 0.4) is 0 Å². The fourth-order valence-corrected chi connectivity index (χ4v) is 5.57. The van der Waals surface area contributed by atoms with Crippen LogP contribution in [0.1, 0.15) is 31.4 Å². The van der Waals surface area contributed by atoms with Crippen LogP contribution in [-0.2, 0) is 28.8 Å². The number of thiophene rings is 2. The molecular formula is C20H24N2O3S2. The van der Waals surface area contributed by atoms with Crippen LogP contribution >= 0.6 is 22.7 Å². The molecule has 1 saturated heterocycles. The third-order valence-electron chi connectivity index (χ3n) is 5.21. The number of amides is 2. The van der Waals surface area contributed by atoms with Gasteiger partial charge in [0.2, 0.25) is 5.91 Å². The highest BCUT2D eigenvalue weighted by Gasteiger charge is 2.28. The first-order valence-electron chi connectivity index (χ1n) is 9.49. The molecule has 1 atom stereocenters. The van der Waals surface area contributed by atoms with Crippen molar-refractivity contribution in [3.63, 3.8) is 0 Å². The second-order valence-electron chi connectivity index (χ2n) is 7.02. The quantitative estimate of drug-likeness (QED) is 0.834. The first-order chi connectivity index (χ1) is 13.2.